The Morgan fingerprint density at radius 1 is 1.75 bits per heavy atom. The number of amides is 2. The molecule has 0 aromatic rings. The van der Waals surface area contributed by atoms with Crippen molar-refractivity contribution in [3.8, 4) is 0 Å². The van der Waals surface area contributed by atoms with E-state index in [-0.39, 0.29) is 12.3 Å². The Morgan fingerprint density at radius 2 is 2.42 bits per heavy atom. The van der Waals surface area contributed by atoms with Crippen LogP contribution >= 0.6 is 0 Å². The third-order valence-corrected chi connectivity index (χ3v) is 1.53. The summed E-state index contributed by atoms with van der Waals surface area (Å²) in [6, 6.07) is 0. The van der Waals surface area contributed by atoms with Gasteiger partial charge in [0.05, 0.1) is 0 Å². The number of nitrogens with zero attached hydrogens (tertiary/aromatic N) is 1. The molecule has 66 valence electrons. The van der Waals surface area contributed by atoms with Crippen molar-refractivity contribution >= 4 is 12.3 Å². The molecule has 5 nitrogen and oxygen atoms in total. The molecule has 1 aliphatic heterocycles. The first kappa shape index (κ1) is 8.73. The molecule has 0 aliphatic carbocycles. The lowest BCUT2D eigenvalue weighted by molar-refractivity contribution is -0.117. The molecule has 5 heteroatoms. The lowest BCUT2D eigenvalue weighted by Crippen LogP contribution is -2.24. The van der Waals surface area contributed by atoms with Gasteiger partial charge >= 0.3 is 0 Å². The Kier molecular flexibility index (Phi) is 2.44. The van der Waals surface area contributed by atoms with Crippen molar-refractivity contribution in [2.45, 2.75) is 12.6 Å². The number of rotatable bonds is 2. The minimum absolute atomic E-state index is 0.247. The topological polar surface area (TPSA) is 69.6 Å². The molecular formula is C7H10N2O3. The molecule has 0 aromatic carbocycles. The van der Waals surface area contributed by atoms with Crippen molar-refractivity contribution in [3.05, 3.63) is 11.8 Å². The molecule has 0 bridgehead atoms. The Hall–Kier alpha value is -1.36. The fraction of sp³-hybridized carbons (Fsp3) is 0.429. The zero-order valence-electron chi connectivity index (χ0n) is 6.65. The molecule has 1 aliphatic rings. The van der Waals surface area contributed by atoms with Crippen LogP contribution in [0.25, 0.3) is 0 Å². The zero-order valence-corrected chi connectivity index (χ0v) is 6.65. The van der Waals surface area contributed by atoms with Crippen molar-refractivity contribution in [1.82, 2.24) is 10.2 Å². The standard InChI is InChI=1S/C7H10N2O3/c1-9(4-10)3-5-2-6(11)8-7(5)12/h3-4,6,11H,2H2,1H3,(H,8,12)/b5-3+/t6-/m1/s1. The SMILES string of the molecule is CN(C=O)/C=C1\C[C@@H](O)NC1=O. The van der Waals surface area contributed by atoms with Crippen molar-refractivity contribution in [2.75, 3.05) is 7.05 Å². The molecule has 1 fully saturated rings. The maximum absolute atomic E-state index is 11.0. The molecule has 0 spiro atoms. The first-order valence-electron chi connectivity index (χ1n) is 3.50. The van der Waals surface area contributed by atoms with Gasteiger partial charge in [-0.3, -0.25) is 9.59 Å². The van der Waals surface area contributed by atoms with E-state index in [1.54, 1.807) is 0 Å². The quantitative estimate of drug-likeness (QED) is 0.404. The lowest BCUT2D eigenvalue weighted by atomic mass is 10.2. The highest BCUT2D eigenvalue weighted by atomic mass is 16.3. The summed E-state index contributed by atoms with van der Waals surface area (Å²) in [6.45, 7) is 0. The van der Waals surface area contributed by atoms with Gasteiger partial charge in [-0.2, -0.15) is 0 Å². The second kappa shape index (κ2) is 3.36. The van der Waals surface area contributed by atoms with Crippen LogP contribution in [-0.4, -0.2) is 35.6 Å². The van der Waals surface area contributed by atoms with Crippen LogP contribution in [0.15, 0.2) is 11.8 Å². The van der Waals surface area contributed by atoms with E-state index >= 15 is 0 Å². The number of aliphatic hydroxyl groups excluding tert-OH is 1. The van der Waals surface area contributed by atoms with Gasteiger partial charge in [-0.1, -0.05) is 0 Å². The highest BCUT2D eigenvalue weighted by Gasteiger charge is 2.24. The van der Waals surface area contributed by atoms with Crippen LogP contribution in [0.3, 0.4) is 0 Å². The maximum Gasteiger partial charge on any atom is 0.250 e. The largest absolute Gasteiger partial charge is 0.373 e. The van der Waals surface area contributed by atoms with Gasteiger partial charge in [0, 0.05) is 25.2 Å². The molecule has 12 heavy (non-hydrogen) atoms. The Bertz CT molecular complexity index is 237. The average molecular weight is 170 g/mol. The predicted octanol–water partition coefficient (Wildman–Crippen LogP) is -1.20. The second-order valence-corrected chi connectivity index (χ2v) is 2.62. The smallest absolute Gasteiger partial charge is 0.250 e. The van der Waals surface area contributed by atoms with Crippen LogP contribution < -0.4 is 5.32 Å². The molecule has 1 atom stereocenters. The summed E-state index contributed by atoms with van der Waals surface area (Å²) in [6.07, 6.45) is 1.42. The lowest BCUT2D eigenvalue weighted by Gasteiger charge is -2.02. The number of carbonyl (C=O) groups excluding carboxylic acids is 2. The average Bonchev–Trinajstić information content (AvgIpc) is 2.30. The van der Waals surface area contributed by atoms with Gasteiger partial charge in [0.15, 0.2) is 0 Å². The number of nitrogens with one attached hydrogen (secondary N) is 1. The summed E-state index contributed by atoms with van der Waals surface area (Å²) in [5.41, 5.74) is 0.414. The fourth-order valence-corrected chi connectivity index (χ4v) is 0.984. The molecule has 2 N–H and O–H groups in total. The van der Waals surface area contributed by atoms with Crippen LogP contribution in [0.2, 0.25) is 0 Å². The molecular weight excluding hydrogens is 160 g/mol. The van der Waals surface area contributed by atoms with E-state index in [1.807, 2.05) is 0 Å². The van der Waals surface area contributed by atoms with E-state index in [2.05, 4.69) is 5.32 Å². The van der Waals surface area contributed by atoms with Gasteiger partial charge in [0.25, 0.3) is 5.91 Å². The van der Waals surface area contributed by atoms with Gasteiger partial charge in [-0.15, -0.1) is 0 Å². The third kappa shape index (κ3) is 1.82. The third-order valence-electron chi connectivity index (χ3n) is 1.53. The van der Waals surface area contributed by atoms with Crippen LogP contribution in [0.4, 0.5) is 0 Å². The first-order valence-corrected chi connectivity index (χ1v) is 3.50. The van der Waals surface area contributed by atoms with Gasteiger partial charge in [-0.05, 0) is 0 Å². The Morgan fingerprint density at radius 3 is 2.83 bits per heavy atom. The fourth-order valence-electron chi connectivity index (χ4n) is 0.984. The molecule has 2 amide bonds. The van der Waals surface area contributed by atoms with Gasteiger partial charge < -0.3 is 15.3 Å². The molecule has 1 saturated heterocycles. The minimum Gasteiger partial charge on any atom is -0.373 e. The monoisotopic (exact) mass is 170 g/mol. The highest BCUT2D eigenvalue weighted by Crippen LogP contribution is 2.12. The highest BCUT2D eigenvalue weighted by molar-refractivity contribution is 5.95. The summed E-state index contributed by atoms with van der Waals surface area (Å²) in [7, 11) is 1.53. The molecule has 0 radical (unpaired) electrons. The molecule has 1 heterocycles. The Labute approximate surface area is 69.7 Å². The van der Waals surface area contributed by atoms with E-state index in [9.17, 15) is 9.59 Å². The number of hydrogen-bond acceptors (Lipinski definition) is 3. The number of aliphatic hydroxyl groups is 1. The van der Waals surface area contributed by atoms with Crippen LogP contribution in [0, 0.1) is 0 Å². The van der Waals surface area contributed by atoms with Gasteiger partial charge in [-0.25, -0.2) is 0 Å². The molecule has 0 unspecified atom stereocenters. The summed E-state index contributed by atoms with van der Waals surface area (Å²) >= 11 is 0. The van der Waals surface area contributed by atoms with E-state index in [1.165, 1.54) is 18.1 Å². The maximum atomic E-state index is 11.0. The van der Waals surface area contributed by atoms with Crippen molar-refractivity contribution in [2.24, 2.45) is 0 Å². The summed E-state index contributed by atoms with van der Waals surface area (Å²) in [4.78, 5) is 22.4. The van der Waals surface area contributed by atoms with Crippen molar-refractivity contribution in [3.63, 3.8) is 0 Å². The van der Waals surface area contributed by atoms with E-state index in [0.29, 0.717) is 12.0 Å². The van der Waals surface area contributed by atoms with Crippen LogP contribution in [0.5, 0.6) is 0 Å². The van der Waals surface area contributed by atoms with E-state index < -0.39 is 6.23 Å². The minimum atomic E-state index is -0.816. The Balaban J connectivity index is 2.69. The van der Waals surface area contributed by atoms with Crippen molar-refractivity contribution < 1.29 is 14.7 Å². The number of carbonyl (C=O) groups is 2. The van der Waals surface area contributed by atoms with Gasteiger partial charge in [0.1, 0.15) is 6.23 Å². The molecule has 1 rings (SSSR count). The zero-order chi connectivity index (χ0) is 9.14. The predicted molar refractivity (Wildman–Crippen MR) is 40.7 cm³/mol. The second-order valence-electron chi connectivity index (χ2n) is 2.62. The van der Waals surface area contributed by atoms with Crippen molar-refractivity contribution in [1.29, 1.82) is 0 Å². The normalized spacial score (nSPS) is 25.7. The van der Waals surface area contributed by atoms with Crippen LogP contribution in [0.1, 0.15) is 6.42 Å². The van der Waals surface area contributed by atoms with Gasteiger partial charge in [0.2, 0.25) is 6.41 Å². The summed E-state index contributed by atoms with van der Waals surface area (Å²) < 4.78 is 0. The first-order chi connectivity index (χ1) is 5.63. The summed E-state index contributed by atoms with van der Waals surface area (Å²) in [5.74, 6) is -0.323. The van der Waals surface area contributed by atoms with Crippen LogP contribution in [-0.2, 0) is 9.59 Å². The molecule has 0 aromatic heterocycles. The molecule has 0 saturated carbocycles. The summed E-state index contributed by atoms with van der Waals surface area (Å²) in [5, 5.41) is 11.3. The van der Waals surface area contributed by atoms with E-state index in [0.717, 1.165) is 0 Å². The number of hydrogen-bond donors (Lipinski definition) is 2. The van der Waals surface area contributed by atoms with E-state index in [4.69, 9.17) is 5.11 Å².